The van der Waals surface area contributed by atoms with Gasteiger partial charge in [-0.2, -0.15) is 19.9 Å². The number of hydrogen-bond acceptors (Lipinski definition) is 8. The van der Waals surface area contributed by atoms with Gasteiger partial charge >= 0.3 is 25.3 Å². The molecule has 22 rings (SSSR count). The molecule has 554 valence electrons. The summed E-state index contributed by atoms with van der Waals surface area (Å²) in [6, 6.07) is 36.8. The zero-order chi connectivity index (χ0) is 108. The summed E-state index contributed by atoms with van der Waals surface area (Å²) in [7, 11) is 0. The van der Waals surface area contributed by atoms with Crippen molar-refractivity contribution < 1.29 is 76.0 Å². The molecule has 0 spiro atoms. The summed E-state index contributed by atoms with van der Waals surface area (Å²) in [5.41, 5.74) is 5.18. The molecule has 0 unspecified atom stereocenters. The Labute approximate surface area is 724 Å². The first-order valence-electron chi connectivity index (χ1n) is 52.6. The summed E-state index contributed by atoms with van der Waals surface area (Å²) >= 11 is -1.92. The van der Waals surface area contributed by atoms with Crippen molar-refractivity contribution in [2.24, 2.45) is 0 Å². The van der Waals surface area contributed by atoms with Crippen LogP contribution in [-0.4, -0.2) is 56.5 Å². The maximum Gasteiger partial charge on any atom is 0.238 e. The van der Waals surface area contributed by atoms with Gasteiger partial charge in [0.1, 0.15) is 0 Å². The quantitative estimate of drug-likeness (QED) is 0.117. The number of rotatable bonds is 12. The number of para-hydroxylation sites is 4. The summed E-state index contributed by atoms with van der Waals surface area (Å²) in [6.45, 7) is 0. The zero-order valence-electron chi connectivity index (χ0n) is 94.6. The minimum Gasteiger partial charge on any atom is -0.307 e. The minimum atomic E-state index is -1.92. The second-order valence-corrected chi connectivity index (χ2v) is 26.1. The molecule has 13 nitrogen and oxygen atoms in total. The average molecular weight is 1710 g/mol. The zero-order valence-corrected chi connectivity index (χ0v) is 61.8. The van der Waals surface area contributed by atoms with E-state index in [2.05, 4.69) is 193 Å². The van der Waals surface area contributed by atoms with Crippen molar-refractivity contribution in [3.05, 3.63) is 400 Å². The molecule has 0 aliphatic carbocycles. The summed E-state index contributed by atoms with van der Waals surface area (Å²) < 4.78 is 331. The van der Waals surface area contributed by atoms with Crippen LogP contribution in [0, 0.1) is 0 Å². The largest absolute Gasteiger partial charge is 0.307 e. The van der Waals surface area contributed by atoms with Gasteiger partial charge in [0.05, 0.1) is 89.4 Å². The molecule has 0 saturated carbocycles. The van der Waals surface area contributed by atoms with Crippen LogP contribution in [0.4, 0.5) is 0 Å². The average Bonchev–Trinajstić information content (AvgIpc) is 1.51. The normalized spacial score (nSPS) is 15.5. The van der Waals surface area contributed by atoms with Crippen LogP contribution in [0.15, 0.2) is 400 Å². The molecular formula is C102H68N10O3Pt. The Morgan fingerprint density at radius 1 is 0.241 bits per heavy atom. The van der Waals surface area contributed by atoms with E-state index in [0.717, 1.165) is 60.6 Å². The fraction of sp³-hybridized carbons (Fsp3) is 0. The Morgan fingerprint density at radius 3 is 1.14 bits per heavy atom. The molecular weight excluding hydrogens is 1610 g/mol. The van der Waals surface area contributed by atoms with E-state index in [9.17, 15) is 16.4 Å². The summed E-state index contributed by atoms with van der Waals surface area (Å²) in [5.74, 6) is -1.07. The molecule has 0 fully saturated rings. The van der Waals surface area contributed by atoms with Crippen LogP contribution in [0.3, 0.4) is 0 Å². The van der Waals surface area contributed by atoms with Gasteiger partial charge in [-0.15, -0.1) is 0 Å². The molecule has 0 radical (unpaired) electrons. The monoisotopic (exact) mass is 1710 g/mol. The molecule has 16 aromatic carbocycles. The minimum absolute atomic E-state index is 0.569. The molecule has 22 aromatic rings. The molecule has 0 atom stereocenters. The van der Waals surface area contributed by atoms with Crippen LogP contribution in [0.1, 0.15) is 45.2 Å². The van der Waals surface area contributed by atoms with E-state index >= 15 is 0 Å². The predicted molar refractivity (Wildman–Crippen MR) is 465 cm³/mol. The smallest absolute Gasteiger partial charge is 0.238 e. The molecule has 2 N–H and O–H groups in total. The standard InChI is InChI=1S/2C51H33N5.H2O.2O.Pt/c2*1-4-16-34(17-5-1)37-22-14-23-38(32-37)39-24-15-25-40(33-39)55-45-28-12-10-26-41(45)43-30-31-44-42-27-11-13-29-46(42)56(48(44)47(43)55)51-53-49(35-18-6-2-7-19-35)52-50(54-51)36-20-8-3-9-21-36;;;;/h2*1-33H;1H2;;;/i1D,2D,3D,4D,5D,6D,7D,8D,9D,10D,11D,12D,13D,14D,15D,16D,17D,18D,19D,20D,21D,22D,23D,24D,25D,26D,27D,28D,29D,30D,31D,32D,33D;;;;;/hD2. The Morgan fingerprint density at radius 2 is 0.595 bits per heavy atom. The first kappa shape index (κ1) is 42.6. The van der Waals surface area contributed by atoms with Crippen molar-refractivity contribution in [1.82, 2.24) is 48.2 Å². The number of hydrogen-bond donors (Lipinski definition) is 0. The molecule has 0 aliphatic heterocycles. The van der Waals surface area contributed by atoms with Gasteiger partial charge in [-0.3, -0.25) is 9.13 Å². The van der Waals surface area contributed by atoms with E-state index in [1.165, 1.54) is 22.1 Å². The van der Waals surface area contributed by atoms with Gasteiger partial charge in [0, 0.05) is 76.7 Å². The first-order chi connectivity index (χ1) is 72.1. The third kappa shape index (κ3) is 12.9. The molecule has 14 heteroatoms. The molecule has 6 aromatic heterocycles. The summed E-state index contributed by atoms with van der Waals surface area (Å²) in [5, 5.41) is 1.83. The molecule has 0 aliphatic rings. The molecule has 0 amide bonds. The van der Waals surface area contributed by atoms with Crippen LogP contribution in [0.25, 0.3) is 201 Å². The van der Waals surface area contributed by atoms with E-state index in [4.69, 9.17) is 53.4 Å². The van der Waals surface area contributed by atoms with Crippen molar-refractivity contribution in [3.63, 3.8) is 0 Å². The Balaban J connectivity index is 0.000000196. The molecule has 6 heterocycles. The van der Waals surface area contributed by atoms with Gasteiger partial charge in [0.2, 0.25) is 14.8 Å². The number of fused-ring (bicyclic) bond motifs is 14. The predicted octanol–water partition coefficient (Wildman–Crippen LogP) is 24.4. The van der Waals surface area contributed by atoms with E-state index in [0.29, 0.717) is 26.7 Å². The topological polar surface area (TPSA) is 163 Å². The summed E-state index contributed by atoms with van der Waals surface area (Å²) in [6.07, 6.45) is 0. The second-order valence-electron chi connectivity index (χ2n) is 25.7. The van der Waals surface area contributed by atoms with E-state index in [1.54, 1.807) is 0 Å². The maximum absolute atomic E-state index is 10.1. The second kappa shape index (κ2) is 30.9. The van der Waals surface area contributed by atoms with Crippen LogP contribution in [0.2, 0.25) is 0 Å². The van der Waals surface area contributed by atoms with E-state index in [-0.39, 0.29) is 0 Å². The van der Waals surface area contributed by atoms with Gasteiger partial charge in [0.15, 0.2) is 23.3 Å². The van der Waals surface area contributed by atoms with Crippen molar-refractivity contribution in [1.29, 1.82) is 2.86 Å². The SMILES string of the molecule is [2H]O[2H].[2H]c1c([2H])c([2H])c(-c2nc(-c3c([2H])c([2H])c([2H])c([2H])c3[2H])nc(-n3c4c([2H])c([2H])c([2H])c([2H])c4c4c([2H])c([2H])c5c6c([2H])c([2H])c([2H])c([2H])c6n(-c6c([2H])c([2H])c([2H])c(-c7c([2H])c([2H])c([2H])c(-c8c([2H])c([2H])c([2H])c([2H])c8[2H])c7[2H])c6[2H])c5c43)n2)c([2H])c1[2H].[O]=[Pt]=[O].c1ccc(-c2cccc(-c3cccc(-n4c5ccccc5c5ccc6c7ccccc7n(-c7nc(-c8ccccc8)nc(-c8ccccc8)n7)c6c54)c3)c2)cc1. The Kier molecular flexibility index (Phi) is 11.4. The van der Waals surface area contributed by atoms with Crippen molar-refractivity contribution in [3.8, 4) is 113 Å². The van der Waals surface area contributed by atoms with Crippen LogP contribution in [-0.2, 0) is 25.3 Å². The fourth-order valence-corrected chi connectivity index (χ4v) is 14.4. The van der Waals surface area contributed by atoms with E-state index < -0.39 is 318 Å². The third-order valence-corrected chi connectivity index (χ3v) is 19.2. The van der Waals surface area contributed by atoms with Crippen LogP contribution in [0.5, 0.6) is 0 Å². The van der Waals surface area contributed by atoms with Gasteiger partial charge in [-0.05, 0) is 105 Å². The third-order valence-electron chi connectivity index (χ3n) is 19.2. The van der Waals surface area contributed by atoms with Crippen LogP contribution >= 0.6 is 0 Å². The van der Waals surface area contributed by atoms with Gasteiger partial charge in [-0.1, -0.05) is 339 Å². The maximum atomic E-state index is 10.1. The fourth-order valence-electron chi connectivity index (χ4n) is 14.4. The Hall–Kier alpha value is -15.0. The molecule has 0 bridgehead atoms. The van der Waals surface area contributed by atoms with Gasteiger partial charge in [-0.25, -0.2) is 9.97 Å². The van der Waals surface area contributed by atoms with Gasteiger partial charge in [0.25, 0.3) is 0 Å². The summed E-state index contributed by atoms with van der Waals surface area (Å²) in [4.78, 5) is 28.8. The van der Waals surface area contributed by atoms with Crippen LogP contribution < -0.4 is 0 Å². The van der Waals surface area contributed by atoms with Crippen molar-refractivity contribution >= 4 is 87.2 Å². The Bertz CT molecular complexity index is 9440. The number of nitrogens with zero attached hydrogens (tertiary/aromatic N) is 10. The van der Waals surface area contributed by atoms with Gasteiger partial charge < -0.3 is 14.6 Å². The number of aromatic nitrogens is 10. The van der Waals surface area contributed by atoms with E-state index in [1.807, 2.05) is 36.4 Å². The van der Waals surface area contributed by atoms with Crippen molar-refractivity contribution in [2.75, 3.05) is 0 Å². The first-order valence-corrected chi connectivity index (χ1v) is 37.2. The van der Waals surface area contributed by atoms with Crippen molar-refractivity contribution in [2.45, 2.75) is 0 Å². The molecule has 0 saturated heterocycles. The number of benzene rings is 16. The molecule has 116 heavy (non-hydrogen) atoms.